The third kappa shape index (κ3) is 0.526. The summed E-state index contributed by atoms with van der Waals surface area (Å²) >= 11 is 0. The SMILES string of the molecule is O[NH+]1CCN=N1. The van der Waals surface area contributed by atoms with E-state index in [1.54, 1.807) is 0 Å². The molecule has 0 amide bonds. The van der Waals surface area contributed by atoms with Crippen molar-refractivity contribution in [3.05, 3.63) is 0 Å². The minimum atomic E-state index is 0.162. The lowest BCUT2D eigenvalue weighted by molar-refractivity contribution is -1.09. The zero-order chi connectivity index (χ0) is 4.41. The first kappa shape index (κ1) is 3.70. The van der Waals surface area contributed by atoms with Gasteiger partial charge in [0.15, 0.2) is 6.54 Å². The van der Waals surface area contributed by atoms with E-state index in [4.69, 9.17) is 5.21 Å². The third-order valence-electron chi connectivity index (χ3n) is 0.622. The minimum absolute atomic E-state index is 0.162. The third-order valence-corrected chi connectivity index (χ3v) is 0.622. The van der Waals surface area contributed by atoms with Gasteiger partial charge in [-0.15, -0.1) is 5.11 Å². The molecule has 0 aromatic rings. The number of hydrogen-bond donors (Lipinski definition) is 2. The second kappa shape index (κ2) is 1.32. The predicted molar refractivity (Wildman–Crippen MR) is 17.3 cm³/mol. The Bertz CT molecular complexity index is 71.2. The summed E-state index contributed by atoms with van der Waals surface area (Å²) in [5.41, 5.74) is 0. The van der Waals surface area contributed by atoms with Crippen LogP contribution in [0.3, 0.4) is 0 Å². The highest BCUT2D eigenvalue weighted by molar-refractivity contribution is 4.30. The quantitative estimate of drug-likeness (QED) is 0.377. The summed E-state index contributed by atoms with van der Waals surface area (Å²) in [6.07, 6.45) is 0. The molecule has 0 spiro atoms. The van der Waals surface area contributed by atoms with Gasteiger partial charge in [0.05, 0.1) is 5.22 Å². The molecule has 0 aromatic heterocycles. The molecule has 1 unspecified atom stereocenters. The number of quaternary nitrogens is 1. The Morgan fingerprint density at radius 3 is 2.67 bits per heavy atom. The molecule has 1 atom stereocenters. The van der Waals surface area contributed by atoms with E-state index in [-0.39, 0.29) is 5.17 Å². The van der Waals surface area contributed by atoms with Crippen molar-refractivity contribution in [3.8, 4) is 0 Å². The van der Waals surface area contributed by atoms with Crippen LogP contribution in [0.15, 0.2) is 10.3 Å². The summed E-state index contributed by atoms with van der Waals surface area (Å²) in [6, 6.07) is 0. The van der Waals surface area contributed by atoms with E-state index in [9.17, 15) is 0 Å². The molecule has 4 heteroatoms. The van der Waals surface area contributed by atoms with E-state index in [2.05, 4.69) is 10.3 Å². The van der Waals surface area contributed by atoms with Crippen LogP contribution < -0.4 is 5.17 Å². The molecule has 6 heavy (non-hydrogen) atoms. The zero-order valence-corrected chi connectivity index (χ0v) is 3.26. The fourth-order valence-electron chi connectivity index (χ4n) is 0.332. The second-order valence-corrected chi connectivity index (χ2v) is 1.13. The highest BCUT2D eigenvalue weighted by atomic mass is 16.5. The lowest BCUT2D eigenvalue weighted by Gasteiger charge is -1.85. The van der Waals surface area contributed by atoms with Crippen LogP contribution in [-0.2, 0) is 0 Å². The first-order valence-corrected chi connectivity index (χ1v) is 1.82. The van der Waals surface area contributed by atoms with Gasteiger partial charge in [-0.25, -0.2) is 0 Å². The molecule has 4 nitrogen and oxygen atoms in total. The molecule has 0 saturated carbocycles. The summed E-state index contributed by atoms with van der Waals surface area (Å²) < 4.78 is 0. The normalized spacial score (nSPS) is 31.8. The summed E-state index contributed by atoms with van der Waals surface area (Å²) in [5, 5.41) is 15.4. The molecule has 1 aliphatic rings. The number of nitrogens with one attached hydrogen (secondary N) is 1. The van der Waals surface area contributed by atoms with E-state index in [1.807, 2.05) is 0 Å². The van der Waals surface area contributed by atoms with E-state index in [0.29, 0.717) is 13.1 Å². The van der Waals surface area contributed by atoms with E-state index < -0.39 is 0 Å². The van der Waals surface area contributed by atoms with Gasteiger partial charge in [-0.3, -0.25) is 0 Å². The van der Waals surface area contributed by atoms with Crippen molar-refractivity contribution in [2.45, 2.75) is 0 Å². The average Bonchev–Trinajstić information content (AvgIpc) is 1.86. The first-order chi connectivity index (χ1) is 2.89. The molecule has 2 N–H and O–H groups in total. The molecule has 0 radical (unpaired) electrons. The smallest absolute Gasteiger partial charge is 0.157 e. The van der Waals surface area contributed by atoms with E-state index in [1.165, 1.54) is 0 Å². The van der Waals surface area contributed by atoms with Gasteiger partial charge in [0.1, 0.15) is 6.54 Å². The van der Waals surface area contributed by atoms with Crippen LogP contribution in [0.5, 0.6) is 0 Å². The maximum absolute atomic E-state index is 8.39. The molecule has 0 saturated heterocycles. The van der Waals surface area contributed by atoms with E-state index >= 15 is 0 Å². The molecule has 1 rings (SSSR count). The fraction of sp³-hybridized carbons (Fsp3) is 1.00. The van der Waals surface area contributed by atoms with Gasteiger partial charge in [-0.05, 0) is 0 Å². The summed E-state index contributed by atoms with van der Waals surface area (Å²) in [7, 11) is 0. The van der Waals surface area contributed by atoms with Crippen LogP contribution in [0, 0.1) is 0 Å². The van der Waals surface area contributed by atoms with Crippen molar-refractivity contribution in [3.63, 3.8) is 0 Å². The first-order valence-electron chi connectivity index (χ1n) is 1.82. The number of hydroxylamine groups is 1. The highest BCUT2D eigenvalue weighted by Crippen LogP contribution is 1.69. The van der Waals surface area contributed by atoms with Gasteiger partial charge in [-0.2, -0.15) is 5.21 Å². The van der Waals surface area contributed by atoms with Crippen LogP contribution >= 0.6 is 0 Å². The van der Waals surface area contributed by atoms with Crippen molar-refractivity contribution >= 4 is 0 Å². The second-order valence-electron chi connectivity index (χ2n) is 1.13. The summed E-state index contributed by atoms with van der Waals surface area (Å²) in [6.45, 7) is 1.28. The lowest BCUT2D eigenvalue weighted by Crippen LogP contribution is -3.03. The van der Waals surface area contributed by atoms with Crippen LogP contribution in [0.4, 0.5) is 0 Å². The molecule has 1 aliphatic heterocycles. The van der Waals surface area contributed by atoms with Crippen molar-refractivity contribution in [2.75, 3.05) is 13.1 Å². The lowest BCUT2D eigenvalue weighted by atomic mass is 10.7. The molecule has 0 bridgehead atoms. The standard InChI is InChI=1S/C2H5N3O/c6-5-2-1-3-4-5/h6H,1-2H2/p+1. The largest absolute Gasteiger partial charge is 0.189 e. The maximum Gasteiger partial charge on any atom is 0.157 e. The Morgan fingerprint density at radius 1 is 1.67 bits per heavy atom. The highest BCUT2D eigenvalue weighted by Gasteiger charge is 2.06. The summed E-state index contributed by atoms with van der Waals surface area (Å²) in [5.74, 6) is 0. The minimum Gasteiger partial charge on any atom is -0.189 e. The van der Waals surface area contributed by atoms with Crippen LogP contribution in [0.2, 0.25) is 0 Å². The fourth-order valence-corrected chi connectivity index (χ4v) is 0.332. The Kier molecular flexibility index (Phi) is 0.813. The van der Waals surface area contributed by atoms with Crippen LogP contribution in [-0.4, -0.2) is 18.3 Å². The molecule has 1 heterocycles. The van der Waals surface area contributed by atoms with Crippen molar-refractivity contribution in [1.29, 1.82) is 0 Å². The topological polar surface area (TPSA) is 49.4 Å². The van der Waals surface area contributed by atoms with Gasteiger partial charge in [0.2, 0.25) is 0 Å². The molecule has 0 aliphatic carbocycles. The van der Waals surface area contributed by atoms with Gasteiger partial charge < -0.3 is 0 Å². The maximum atomic E-state index is 8.39. The van der Waals surface area contributed by atoms with Crippen LogP contribution in [0.1, 0.15) is 0 Å². The van der Waals surface area contributed by atoms with Gasteiger partial charge >= 0.3 is 0 Å². The Morgan fingerprint density at radius 2 is 2.50 bits per heavy atom. The van der Waals surface area contributed by atoms with Gasteiger partial charge in [0.25, 0.3) is 0 Å². The van der Waals surface area contributed by atoms with Crippen molar-refractivity contribution < 1.29 is 10.4 Å². The molecule has 34 valence electrons. The number of hydrogen-bond acceptors (Lipinski definition) is 3. The van der Waals surface area contributed by atoms with Gasteiger partial charge in [0, 0.05) is 0 Å². The number of nitrogens with zero attached hydrogens (tertiary/aromatic N) is 2. The van der Waals surface area contributed by atoms with E-state index in [0.717, 1.165) is 0 Å². The molecule has 0 fully saturated rings. The summed E-state index contributed by atoms with van der Waals surface area (Å²) in [4.78, 5) is 0. The molecular formula is C2H6N3O+. The zero-order valence-electron chi connectivity index (χ0n) is 3.26. The van der Waals surface area contributed by atoms with Crippen LogP contribution in [0.25, 0.3) is 0 Å². The Labute approximate surface area is 35.0 Å². The Hall–Kier alpha value is -0.480. The molecular weight excluding hydrogens is 82.0 g/mol. The average molecular weight is 88.1 g/mol. The van der Waals surface area contributed by atoms with Crippen molar-refractivity contribution in [2.24, 2.45) is 10.3 Å². The molecule has 0 aromatic carbocycles. The Balaban J connectivity index is 2.38. The monoisotopic (exact) mass is 88.1 g/mol. The number of rotatable bonds is 0. The van der Waals surface area contributed by atoms with Crippen molar-refractivity contribution in [1.82, 2.24) is 0 Å². The predicted octanol–water partition coefficient (Wildman–Crippen LogP) is -1.36. The van der Waals surface area contributed by atoms with Gasteiger partial charge in [-0.1, -0.05) is 5.17 Å².